The van der Waals surface area contributed by atoms with Crippen molar-refractivity contribution in [2.45, 2.75) is 72.5 Å². The second-order valence-electron chi connectivity index (χ2n) is 7.78. The summed E-state index contributed by atoms with van der Waals surface area (Å²) in [6.45, 7) is 15.7. The third-order valence-electron chi connectivity index (χ3n) is 4.67. The first-order valence-corrected chi connectivity index (χ1v) is 9.08. The van der Waals surface area contributed by atoms with Gasteiger partial charge in [0.15, 0.2) is 0 Å². The van der Waals surface area contributed by atoms with Gasteiger partial charge < -0.3 is 5.32 Å². The second-order valence-corrected chi connectivity index (χ2v) is 8.72. The Balaban J connectivity index is 1.81. The Hall–Kier alpha value is -0.450. The summed E-state index contributed by atoms with van der Waals surface area (Å²) in [5, 5.41) is 6.94. The topological polar surface area (TPSA) is 28.2 Å². The van der Waals surface area contributed by atoms with Crippen LogP contribution in [0.15, 0.2) is 5.38 Å². The van der Waals surface area contributed by atoms with Crippen LogP contribution < -0.4 is 5.32 Å². The van der Waals surface area contributed by atoms with E-state index in [2.05, 4.69) is 50.2 Å². The zero-order valence-corrected chi connectivity index (χ0v) is 15.1. The fourth-order valence-electron chi connectivity index (χ4n) is 2.68. The van der Waals surface area contributed by atoms with Gasteiger partial charge in [0.25, 0.3) is 0 Å². The highest BCUT2D eigenvalue weighted by molar-refractivity contribution is 7.09. The predicted octanol–water partition coefficient (Wildman–Crippen LogP) is 4.04. The molecule has 2 rings (SSSR count). The molecule has 0 amide bonds. The molecule has 1 aromatic heterocycles. The monoisotopic (exact) mass is 309 g/mol. The number of hydrogen-bond donors (Lipinski definition) is 1. The highest BCUT2D eigenvalue weighted by Crippen LogP contribution is 2.34. The Morgan fingerprint density at radius 1 is 1.33 bits per heavy atom. The molecule has 1 aliphatic heterocycles. The van der Waals surface area contributed by atoms with Crippen LogP contribution in [0.2, 0.25) is 0 Å². The van der Waals surface area contributed by atoms with Crippen molar-refractivity contribution < 1.29 is 0 Å². The molecule has 1 saturated heterocycles. The SMILES string of the molecule is CCC1(C)CCN(Cc2csc(CNC(C)(C)C)n2)CC1. The summed E-state index contributed by atoms with van der Waals surface area (Å²) < 4.78 is 0. The third-order valence-corrected chi connectivity index (χ3v) is 5.57. The lowest BCUT2D eigenvalue weighted by Gasteiger charge is -2.38. The molecule has 1 aromatic rings. The van der Waals surface area contributed by atoms with Crippen LogP contribution >= 0.6 is 11.3 Å². The molecular formula is C17H31N3S. The number of nitrogens with zero attached hydrogens (tertiary/aromatic N) is 2. The van der Waals surface area contributed by atoms with Crippen LogP contribution in [-0.4, -0.2) is 28.5 Å². The highest BCUT2D eigenvalue weighted by Gasteiger charge is 2.28. The van der Waals surface area contributed by atoms with Gasteiger partial charge in [-0.25, -0.2) is 4.98 Å². The van der Waals surface area contributed by atoms with Gasteiger partial charge in [-0.15, -0.1) is 11.3 Å². The third kappa shape index (κ3) is 5.35. The van der Waals surface area contributed by atoms with E-state index in [-0.39, 0.29) is 5.54 Å². The van der Waals surface area contributed by atoms with Crippen molar-refractivity contribution >= 4 is 11.3 Å². The number of likely N-dealkylation sites (tertiary alicyclic amines) is 1. The number of piperidine rings is 1. The van der Waals surface area contributed by atoms with E-state index in [1.54, 1.807) is 11.3 Å². The molecule has 120 valence electrons. The van der Waals surface area contributed by atoms with Gasteiger partial charge in [-0.1, -0.05) is 20.3 Å². The van der Waals surface area contributed by atoms with E-state index < -0.39 is 0 Å². The fourth-order valence-corrected chi connectivity index (χ4v) is 3.40. The standard InChI is InChI=1S/C17H31N3S/c1-6-17(5)7-9-20(10-8-17)12-14-13-21-15(19-14)11-18-16(2,3)4/h13,18H,6-12H2,1-5H3. The summed E-state index contributed by atoms with van der Waals surface area (Å²) in [5.41, 5.74) is 1.97. The van der Waals surface area contributed by atoms with E-state index >= 15 is 0 Å². The van der Waals surface area contributed by atoms with Gasteiger partial charge in [0.05, 0.1) is 5.69 Å². The van der Waals surface area contributed by atoms with Gasteiger partial charge in [0.1, 0.15) is 5.01 Å². The molecule has 0 spiro atoms. The lowest BCUT2D eigenvalue weighted by molar-refractivity contribution is 0.109. The summed E-state index contributed by atoms with van der Waals surface area (Å²) in [7, 11) is 0. The summed E-state index contributed by atoms with van der Waals surface area (Å²) >= 11 is 1.78. The molecule has 1 aliphatic rings. The number of thiazole rings is 1. The Morgan fingerprint density at radius 2 is 2.00 bits per heavy atom. The first-order chi connectivity index (χ1) is 9.80. The van der Waals surface area contributed by atoms with E-state index in [9.17, 15) is 0 Å². The summed E-state index contributed by atoms with van der Waals surface area (Å²) in [4.78, 5) is 7.34. The Labute approximate surface area is 134 Å². The molecule has 0 atom stereocenters. The Morgan fingerprint density at radius 3 is 2.57 bits per heavy atom. The van der Waals surface area contributed by atoms with Crippen molar-refractivity contribution in [3.63, 3.8) is 0 Å². The average Bonchev–Trinajstić information content (AvgIpc) is 2.86. The Kier molecular flexibility index (Phi) is 5.44. The smallest absolute Gasteiger partial charge is 0.107 e. The minimum Gasteiger partial charge on any atom is -0.306 e. The number of rotatable bonds is 5. The summed E-state index contributed by atoms with van der Waals surface area (Å²) in [6.07, 6.45) is 3.96. The van der Waals surface area contributed by atoms with Crippen LogP contribution in [0.1, 0.15) is 64.6 Å². The highest BCUT2D eigenvalue weighted by atomic mass is 32.1. The van der Waals surface area contributed by atoms with Crippen LogP contribution in [0.3, 0.4) is 0 Å². The molecule has 2 heterocycles. The molecule has 1 fully saturated rings. The van der Waals surface area contributed by atoms with Gasteiger partial charge in [-0.2, -0.15) is 0 Å². The maximum atomic E-state index is 4.78. The van der Waals surface area contributed by atoms with E-state index in [1.165, 1.54) is 43.1 Å². The molecule has 21 heavy (non-hydrogen) atoms. The second kappa shape index (κ2) is 6.76. The summed E-state index contributed by atoms with van der Waals surface area (Å²) in [6, 6.07) is 0. The lowest BCUT2D eigenvalue weighted by Crippen LogP contribution is -2.38. The molecule has 1 N–H and O–H groups in total. The lowest BCUT2D eigenvalue weighted by atomic mass is 9.78. The van der Waals surface area contributed by atoms with Gasteiger partial charge in [-0.3, -0.25) is 4.90 Å². The largest absolute Gasteiger partial charge is 0.306 e. The van der Waals surface area contributed by atoms with Gasteiger partial charge in [0, 0.05) is 24.0 Å². The van der Waals surface area contributed by atoms with Crippen molar-refractivity contribution in [1.82, 2.24) is 15.2 Å². The van der Waals surface area contributed by atoms with Crippen molar-refractivity contribution in [2.75, 3.05) is 13.1 Å². The molecular weight excluding hydrogens is 278 g/mol. The van der Waals surface area contributed by atoms with E-state index in [4.69, 9.17) is 4.98 Å². The number of nitrogens with one attached hydrogen (secondary N) is 1. The average molecular weight is 310 g/mol. The van der Waals surface area contributed by atoms with E-state index in [0.29, 0.717) is 5.41 Å². The molecule has 0 saturated carbocycles. The van der Waals surface area contributed by atoms with Gasteiger partial charge >= 0.3 is 0 Å². The van der Waals surface area contributed by atoms with Crippen molar-refractivity contribution in [3.8, 4) is 0 Å². The molecule has 0 aliphatic carbocycles. The van der Waals surface area contributed by atoms with E-state index in [1.807, 2.05) is 0 Å². The minimum absolute atomic E-state index is 0.156. The predicted molar refractivity (Wildman–Crippen MR) is 91.6 cm³/mol. The van der Waals surface area contributed by atoms with Crippen LogP contribution in [0.4, 0.5) is 0 Å². The van der Waals surface area contributed by atoms with Crippen LogP contribution in [-0.2, 0) is 13.1 Å². The molecule has 0 aromatic carbocycles. The summed E-state index contributed by atoms with van der Waals surface area (Å²) in [5.74, 6) is 0. The van der Waals surface area contributed by atoms with Crippen LogP contribution in [0, 0.1) is 5.41 Å². The molecule has 3 nitrogen and oxygen atoms in total. The molecule has 0 unspecified atom stereocenters. The van der Waals surface area contributed by atoms with Crippen molar-refractivity contribution in [3.05, 3.63) is 16.1 Å². The maximum absolute atomic E-state index is 4.78. The molecule has 0 bridgehead atoms. The number of aromatic nitrogens is 1. The van der Waals surface area contributed by atoms with Crippen molar-refractivity contribution in [1.29, 1.82) is 0 Å². The zero-order chi connectivity index (χ0) is 15.5. The van der Waals surface area contributed by atoms with Crippen LogP contribution in [0.5, 0.6) is 0 Å². The Bertz CT molecular complexity index is 439. The normalized spacial score (nSPS) is 19.9. The van der Waals surface area contributed by atoms with Gasteiger partial charge in [-0.05, 0) is 52.1 Å². The quantitative estimate of drug-likeness (QED) is 0.889. The maximum Gasteiger partial charge on any atom is 0.107 e. The fraction of sp³-hybridized carbons (Fsp3) is 0.824. The minimum atomic E-state index is 0.156. The zero-order valence-electron chi connectivity index (χ0n) is 14.3. The van der Waals surface area contributed by atoms with Crippen molar-refractivity contribution in [2.24, 2.45) is 5.41 Å². The van der Waals surface area contributed by atoms with Gasteiger partial charge in [0.2, 0.25) is 0 Å². The van der Waals surface area contributed by atoms with Crippen LogP contribution in [0.25, 0.3) is 0 Å². The first-order valence-electron chi connectivity index (χ1n) is 8.20. The number of hydrogen-bond acceptors (Lipinski definition) is 4. The molecule has 0 radical (unpaired) electrons. The molecule has 4 heteroatoms. The van der Waals surface area contributed by atoms with E-state index in [0.717, 1.165) is 13.1 Å². The first kappa shape index (κ1) is 16.9.